The molecule has 1 saturated carbocycles. The Bertz CT molecular complexity index is 652. The molecule has 0 N–H and O–H groups in total. The molecule has 0 unspecified atom stereocenters. The van der Waals surface area contributed by atoms with Crippen LogP contribution >= 0.6 is 0 Å². The minimum absolute atomic E-state index is 0.0425. The van der Waals surface area contributed by atoms with Gasteiger partial charge in [0.25, 0.3) is 0 Å². The first kappa shape index (κ1) is 14.6. The van der Waals surface area contributed by atoms with Crippen molar-refractivity contribution in [2.75, 3.05) is 13.2 Å². The van der Waals surface area contributed by atoms with E-state index in [0.717, 1.165) is 25.7 Å². The minimum Gasteiger partial charge on any atom is -0.374 e. The second kappa shape index (κ2) is 6.17. The number of amides is 1. The van der Waals surface area contributed by atoms with Crippen LogP contribution in [0.5, 0.6) is 0 Å². The fourth-order valence-corrected chi connectivity index (χ4v) is 3.34. The number of nitrogens with zero attached hydrogens (tertiary/aromatic N) is 5. The summed E-state index contributed by atoms with van der Waals surface area (Å²) in [5.74, 6) is -0.0430. The van der Waals surface area contributed by atoms with E-state index in [4.69, 9.17) is 15.3 Å². The Hall–Kier alpha value is -2.38. The van der Waals surface area contributed by atoms with E-state index in [1.165, 1.54) is 10.9 Å². The van der Waals surface area contributed by atoms with Gasteiger partial charge in [-0.2, -0.15) is 10.5 Å². The van der Waals surface area contributed by atoms with Crippen LogP contribution in [0.15, 0.2) is 6.33 Å². The van der Waals surface area contributed by atoms with Crippen molar-refractivity contribution in [2.45, 2.75) is 44.4 Å². The van der Waals surface area contributed by atoms with Gasteiger partial charge in [-0.3, -0.25) is 4.79 Å². The molecule has 1 amide bonds. The van der Waals surface area contributed by atoms with Crippen molar-refractivity contribution in [2.24, 2.45) is 0 Å². The Morgan fingerprint density at radius 3 is 2.95 bits per heavy atom. The van der Waals surface area contributed by atoms with E-state index in [1.54, 1.807) is 0 Å². The number of ether oxygens (including phenoxy) is 1. The first-order chi connectivity index (χ1) is 10.7. The van der Waals surface area contributed by atoms with E-state index in [1.807, 2.05) is 17.0 Å². The summed E-state index contributed by atoms with van der Waals surface area (Å²) in [4.78, 5) is 18.4. The predicted molar refractivity (Wildman–Crippen MR) is 75.4 cm³/mol. The highest BCUT2D eigenvalue weighted by Gasteiger charge is 2.36. The number of carbonyl (C=O) groups excluding carboxylic acids is 1. The smallest absolute Gasteiger partial charge is 0.243 e. The zero-order chi connectivity index (χ0) is 15.5. The topological polar surface area (TPSA) is 94.9 Å². The molecule has 0 radical (unpaired) electrons. The molecule has 2 fully saturated rings. The monoisotopic (exact) mass is 299 g/mol. The van der Waals surface area contributed by atoms with Gasteiger partial charge in [0.2, 0.25) is 5.91 Å². The molecule has 0 aromatic carbocycles. The number of morpholine rings is 1. The molecule has 1 aromatic heterocycles. The highest BCUT2D eigenvalue weighted by Crippen LogP contribution is 2.28. The van der Waals surface area contributed by atoms with Gasteiger partial charge in [-0.25, -0.2) is 4.98 Å². The Morgan fingerprint density at radius 2 is 2.18 bits per heavy atom. The zero-order valence-corrected chi connectivity index (χ0v) is 12.2. The van der Waals surface area contributed by atoms with Crippen LogP contribution in [0.1, 0.15) is 37.1 Å². The average Bonchev–Trinajstić information content (AvgIpc) is 2.95. The summed E-state index contributed by atoms with van der Waals surface area (Å²) in [5, 5.41) is 18.0. The van der Waals surface area contributed by atoms with Crippen molar-refractivity contribution < 1.29 is 9.53 Å². The lowest BCUT2D eigenvalue weighted by Crippen LogP contribution is -2.55. The van der Waals surface area contributed by atoms with Crippen LogP contribution in [-0.4, -0.2) is 45.7 Å². The van der Waals surface area contributed by atoms with E-state index in [2.05, 4.69) is 4.98 Å². The highest BCUT2D eigenvalue weighted by atomic mass is 16.5. The SMILES string of the molecule is N#Cc1ncn(CC(=O)N2CCO[C@H]3CCCC[C@H]32)c1C#N. The number of imidazole rings is 1. The number of aromatic nitrogens is 2. The lowest BCUT2D eigenvalue weighted by atomic mass is 9.90. The van der Waals surface area contributed by atoms with Gasteiger partial charge in [0, 0.05) is 6.54 Å². The van der Waals surface area contributed by atoms with Crippen LogP contribution in [-0.2, 0) is 16.1 Å². The number of rotatable bonds is 2. The van der Waals surface area contributed by atoms with Gasteiger partial charge < -0.3 is 14.2 Å². The van der Waals surface area contributed by atoms with Crippen molar-refractivity contribution in [1.29, 1.82) is 10.5 Å². The van der Waals surface area contributed by atoms with Crippen LogP contribution in [0.3, 0.4) is 0 Å². The van der Waals surface area contributed by atoms with Crippen LogP contribution in [0.25, 0.3) is 0 Å². The summed E-state index contributed by atoms with van der Waals surface area (Å²) >= 11 is 0. The molecule has 0 bridgehead atoms. The summed E-state index contributed by atoms with van der Waals surface area (Å²) < 4.78 is 7.22. The maximum atomic E-state index is 12.6. The number of hydrogen-bond donors (Lipinski definition) is 0. The van der Waals surface area contributed by atoms with Gasteiger partial charge in [0.05, 0.1) is 25.1 Å². The molecule has 1 saturated heterocycles. The first-order valence-electron chi connectivity index (χ1n) is 7.51. The van der Waals surface area contributed by atoms with Crippen molar-refractivity contribution in [3.63, 3.8) is 0 Å². The van der Waals surface area contributed by atoms with Gasteiger partial charge in [-0.1, -0.05) is 12.8 Å². The fourth-order valence-electron chi connectivity index (χ4n) is 3.34. The summed E-state index contributed by atoms with van der Waals surface area (Å²) in [6.07, 6.45) is 5.75. The Morgan fingerprint density at radius 1 is 1.36 bits per heavy atom. The van der Waals surface area contributed by atoms with E-state index in [9.17, 15) is 4.79 Å². The molecule has 114 valence electrons. The normalized spacial score (nSPS) is 24.2. The molecule has 22 heavy (non-hydrogen) atoms. The van der Waals surface area contributed by atoms with Gasteiger partial charge in [-0.05, 0) is 12.8 Å². The lowest BCUT2D eigenvalue weighted by molar-refractivity contribution is -0.150. The van der Waals surface area contributed by atoms with E-state index >= 15 is 0 Å². The fraction of sp³-hybridized carbons (Fsp3) is 0.600. The Labute approximate surface area is 128 Å². The highest BCUT2D eigenvalue weighted by molar-refractivity contribution is 5.77. The maximum absolute atomic E-state index is 12.6. The zero-order valence-electron chi connectivity index (χ0n) is 12.2. The average molecular weight is 299 g/mol. The third-order valence-electron chi connectivity index (χ3n) is 4.41. The van der Waals surface area contributed by atoms with Gasteiger partial charge in [0.1, 0.15) is 18.7 Å². The maximum Gasteiger partial charge on any atom is 0.243 e. The van der Waals surface area contributed by atoms with Crippen LogP contribution in [0.4, 0.5) is 0 Å². The molecule has 1 aromatic rings. The number of hydrogen-bond acceptors (Lipinski definition) is 5. The third-order valence-corrected chi connectivity index (χ3v) is 4.41. The molecule has 7 heteroatoms. The van der Waals surface area contributed by atoms with Crippen molar-refractivity contribution in [3.8, 4) is 12.1 Å². The second-order valence-electron chi connectivity index (χ2n) is 5.64. The first-order valence-corrected chi connectivity index (χ1v) is 7.51. The molecule has 2 aliphatic rings. The molecule has 2 atom stereocenters. The predicted octanol–water partition coefficient (Wildman–Crippen LogP) is 0.796. The van der Waals surface area contributed by atoms with E-state index in [-0.39, 0.29) is 36.0 Å². The molecule has 2 heterocycles. The minimum atomic E-state index is -0.0430. The van der Waals surface area contributed by atoms with Crippen LogP contribution in [0, 0.1) is 22.7 Å². The van der Waals surface area contributed by atoms with E-state index in [0.29, 0.717) is 13.2 Å². The van der Waals surface area contributed by atoms with Gasteiger partial charge in [-0.15, -0.1) is 0 Å². The molecule has 1 aliphatic heterocycles. The summed E-state index contributed by atoms with van der Waals surface area (Å²) in [5.41, 5.74) is 0.206. The van der Waals surface area contributed by atoms with Crippen LogP contribution in [0.2, 0.25) is 0 Å². The molecular formula is C15H17N5O2. The molecular weight excluding hydrogens is 282 g/mol. The third kappa shape index (κ3) is 2.56. The summed E-state index contributed by atoms with van der Waals surface area (Å²) in [6.45, 7) is 1.19. The number of nitriles is 2. The Kier molecular flexibility index (Phi) is 4.08. The standard InChI is InChI=1S/C15H17N5O2/c16-7-11-13(8-17)19(10-18-11)9-15(21)20-5-6-22-14-4-2-1-3-12(14)20/h10,12,14H,1-6,9H2/t12-,14+/m1/s1. The van der Waals surface area contributed by atoms with Crippen molar-refractivity contribution in [3.05, 3.63) is 17.7 Å². The summed E-state index contributed by atoms with van der Waals surface area (Å²) in [6, 6.07) is 3.95. The molecule has 1 aliphatic carbocycles. The van der Waals surface area contributed by atoms with Gasteiger partial charge >= 0.3 is 0 Å². The number of carbonyl (C=O) groups is 1. The summed E-state index contributed by atoms with van der Waals surface area (Å²) in [7, 11) is 0. The lowest BCUT2D eigenvalue weighted by Gasteiger charge is -2.43. The van der Waals surface area contributed by atoms with Gasteiger partial charge in [0.15, 0.2) is 11.4 Å². The largest absolute Gasteiger partial charge is 0.374 e. The van der Waals surface area contributed by atoms with E-state index < -0.39 is 0 Å². The van der Waals surface area contributed by atoms with Crippen molar-refractivity contribution in [1.82, 2.24) is 14.5 Å². The molecule has 3 rings (SSSR count). The molecule has 7 nitrogen and oxygen atoms in total. The number of fused-ring (bicyclic) bond motifs is 1. The molecule has 0 spiro atoms. The van der Waals surface area contributed by atoms with Crippen molar-refractivity contribution >= 4 is 5.91 Å². The second-order valence-corrected chi connectivity index (χ2v) is 5.64. The Balaban J connectivity index is 1.75. The quantitative estimate of drug-likeness (QED) is 0.804. The van der Waals surface area contributed by atoms with Crippen LogP contribution < -0.4 is 0 Å².